The zero-order chi connectivity index (χ0) is 19.5. The van der Waals surface area contributed by atoms with Crippen molar-refractivity contribution in [3.05, 3.63) is 28.7 Å². The summed E-state index contributed by atoms with van der Waals surface area (Å²) >= 11 is 3.45. The lowest BCUT2D eigenvalue weighted by Gasteiger charge is -2.26. The number of para-hydroxylation sites is 1. The molecule has 0 aliphatic carbocycles. The van der Waals surface area contributed by atoms with Gasteiger partial charge in [-0.2, -0.15) is 0 Å². The third kappa shape index (κ3) is 5.06. The van der Waals surface area contributed by atoms with Crippen molar-refractivity contribution in [2.75, 3.05) is 24.5 Å². The number of hydrogen-bond acceptors (Lipinski definition) is 3. The van der Waals surface area contributed by atoms with Gasteiger partial charge in [0, 0.05) is 29.5 Å². The minimum atomic E-state index is -0.433. The number of nitrogens with one attached hydrogen (secondary N) is 1. The summed E-state index contributed by atoms with van der Waals surface area (Å²) in [6.07, 6.45) is 0.164. The molecule has 1 fully saturated rings. The normalized spacial score (nSPS) is 17.3. The van der Waals surface area contributed by atoms with Crippen LogP contribution in [-0.2, 0) is 14.4 Å². The molecule has 26 heavy (non-hydrogen) atoms. The molecule has 1 aromatic rings. The summed E-state index contributed by atoms with van der Waals surface area (Å²) in [6.45, 7) is 8.29. The molecular weight excluding hydrogens is 398 g/mol. The van der Waals surface area contributed by atoms with Gasteiger partial charge in [-0.3, -0.25) is 14.4 Å². The molecule has 0 aromatic heterocycles. The molecule has 7 heteroatoms. The largest absolute Gasteiger partial charge is 0.350 e. The molecule has 0 radical (unpaired) electrons. The second kappa shape index (κ2) is 8.20. The van der Waals surface area contributed by atoms with Gasteiger partial charge in [-0.1, -0.05) is 12.1 Å². The smallest absolute Gasteiger partial charge is 0.240 e. The van der Waals surface area contributed by atoms with Crippen LogP contribution in [-0.4, -0.2) is 47.8 Å². The van der Waals surface area contributed by atoms with Gasteiger partial charge >= 0.3 is 0 Å². The van der Waals surface area contributed by atoms with Crippen LogP contribution in [0.3, 0.4) is 0 Å². The highest BCUT2D eigenvalue weighted by atomic mass is 79.9. The molecule has 0 bridgehead atoms. The molecule has 1 heterocycles. The summed E-state index contributed by atoms with van der Waals surface area (Å²) in [4.78, 5) is 40.6. The minimum Gasteiger partial charge on any atom is -0.350 e. The number of hydrogen-bond donors (Lipinski definition) is 1. The number of carbonyl (C=O) groups is 3. The number of carbonyl (C=O) groups excluding carboxylic acids is 3. The zero-order valence-corrected chi connectivity index (χ0v) is 17.3. The van der Waals surface area contributed by atoms with Gasteiger partial charge in [0.05, 0.1) is 18.2 Å². The summed E-state index contributed by atoms with van der Waals surface area (Å²) in [5, 5.41) is 2.86. The van der Waals surface area contributed by atoms with Crippen molar-refractivity contribution in [3.63, 3.8) is 0 Å². The maximum absolute atomic E-state index is 12.8. The average Bonchev–Trinajstić information content (AvgIpc) is 2.92. The van der Waals surface area contributed by atoms with E-state index >= 15 is 0 Å². The molecule has 2 rings (SSSR count). The minimum absolute atomic E-state index is 0.00628. The predicted octanol–water partition coefficient (Wildman–Crippen LogP) is 2.57. The van der Waals surface area contributed by atoms with Crippen molar-refractivity contribution < 1.29 is 14.4 Å². The van der Waals surface area contributed by atoms with Crippen molar-refractivity contribution in [2.45, 2.75) is 39.7 Å². The molecular formula is C19H26BrN3O3. The van der Waals surface area contributed by atoms with Crippen molar-refractivity contribution in [2.24, 2.45) is 5.92 Å². The van der Waals surface area contributed by atoms with Crippen molar-refractivity contribution in [1.82, 2.24) is 10.2 Å². The lowest BCUT2D eigenvalue weighted by molar-refractivity contribution is -0.139. The molecule has 0 unspecified atom stereocenters. The lowest BCUT2D eigenvalue weighted by atomic mass is 10.1. The molecule has 1 aliphatic rings. The van der Waals surface area contributed by atoms with Crippen molar-refractivity contribution in [1.29, 1.82) is 0 Å². The van der Waals surface area contributed by atoms with E-state index in [4.69, 9.17) is 0 Å². The number of benzene rings is 1. The third-order valence-electron chi connectivity index (χ3n) is 4.16. The van der Waals surface area contributed by atoms with Crippen molar-refractivity contribution >= 4 is 39.3 Å². The zero-order valence-electron chi connectivity index (χ0n) is 15.7. The third-order valence-corrected chi connectivity index (χ3v) is 4.83. The summed E-state index contributed by atoms with van der Waals surface area (Å²) in [6, 6.07) is 7.46. The van der Waals surface area contributed by atoms with E-state index in [2.05, 4.69) is 21.2 Å². The van der Waals surface area contributed by atoms with Crippen LogP contribution in [0.15, 0.2) is 28.7 Å². The van der Waals surface area contributed by atoms with E-state index in [1.165, 1.54) is 4.90 Å². The van der Waals surface area contributed by atoms with Gasteiger partial charge in [-0.05, 0) is 55.8 Å². The Morgan fingerprint density at radius 1 is 1.31 bits per heavy atom. The quantitative estimate of drug-likeness (QED) is 0.790. The van der Waals surface area contributed by atoms with E-state index in [0.29, 0.717) is 13.1 Å². The molecule has 3 amide bonds. The Morgan fingerprint density at radius 3 is 2.54 bits per heavy atom. The van der Waals surface area contributed by atoms with E-state index in [-0.39, 0.29) is 36.2 Å². The second-order valence-corrected chi connectivity index (χ2v) is 8.36. The van der Waals surface area contributed by atoms with E-state index in [9.17, 15) is 14.4 Å². The Balaban J connectivity index is 2.06. The predicted molar refractivity (Wildman–Crippen MR) is 105 cm³/mol. The van der Waals surface area contributed by atoms with Crippen LogP contribution >= 0.6 is 15.9 Å². The highest BCUT2D eigenvalue weighted by Crippen LogP contribution is 2.31. The molecule has 0 saturated carbocycles. The van der Waals surface area contributed by atoms with Crippen LogP contribution in [0.2, 0.25) is 0 Å². The van der Waals surface area contributed by atoms with E-state index in [0.717, 1.165) is 10.2 Å². The van der Waals surface area contributed by atoms with Crippen LogP contribution < -0.4 is 10.2 Å². The highest BCUT2D eigenvalue weighted by Gasteiger charge is 2.38. The Morgan fingerprint density at radius 2 is 1.96 bits per heavy atom. The fourth-order valence-corrected chi connectivity index (χ4v) is 3.51. The number of anilines is 1. The fourth-order valence-electron chi connectivity index (χ4n) is 3.01. The molecule has 1 aromatic carbocycles. The summed E-state index contributed by atoms with van der Waals surface area (Å²) in [7, 11) is 0. The molecule has 6 nitrogen and oxygen atoms in total. The molecule has 1 saturated heterocycles. The van der Waals surface area contributed by atoms with E-state index < -0.39 is 5.92 Å². The fraction of sp³-hybridized carbons (Fsp3) is 0.526. The Kier molecular flexibility index (Phi) is 6.44. The van der Waals surface area contributed by atoms with Gasteiger partial charge in [0.2, 0.25) is 17.7 Å². The van der Waals surface area contributed by atoms with Gasteiger partial charge in [0.15, 0.2) is 0 Å². The molecule has 0 spiro atoms. The first-order valence-corrected chi connectivity index (χ1v) is 9.56. The Bertz CT molecular complexity index is 700. The van der Waals surface area contributed by atoms with Gasteiger partial charge in [0.1, 0.15) is 0 Å². The Labute approximate surface area is 163 Å². The number of rotatable bonds is 5. The average molecular weight is 424 g/mol. The molecule has 142 valence electrons. The maximum atomic E-state index is 12.8. The first-order chi connectivity index (χ1) is 12.1. The van der Waals surface area contributed by atoms with Crippen LogP contribution in [0.25, 0.3) is 0 Å². The summed E-state index contributed by atoms with van der Waals surface area (Å²) in [5.74, 6) is -0.860. The number of likely N-dealkylation sites (N-methyl/N-ethyl adjacent to an activating group) is 1. The van der Waals surface area contributed by atoms with Crippen LogP contribution in [0.4, 0.5) is 5.69 Å². The number of halogens is 1. The van der Waals surface area contributed by atoms with Gasteiger partial charge in [0.25, 0.3) is 0 Å². The molecule has 1 N–H and O–H groups in total. The van der Waals surface area contributed by atoms with Crippen molar-refractivity contribution in [3.8, 4) is 0 Å². The van der Waals surface area contributed by atoms with E-state index in [1.807, 2.05) is 52.0 Å². The van der Waals surface area contributed by atoms with Crippen LogP contribution in [0, 0.1) is 5.92 Å². The first kappa shape index (κ1) is 20.4. The second-order valence-electron chi connectivity index (χ2n) is 7.51. The maximum Gasteiger partial charge on any atom is 0.240 e. The monoisotopic (exact) mass is 423 g/mol. The highest BCUT2D eigenvalue weighted by molar-refractivity contribution is 9.10. The number of amides is 3. The molecule has 1 atom stereocenters. The number of nitrogens with zero attached hydrogens (tertiary/aromatic N) is 2. The Hall–Kier alpha value is -1.89. The standard InChI is InChI=1S/C19H26BrN3O3/c1-5-22(12-16(24)21-19(2,3)4)18(26)13-10-17(25)23(11-13)15-9-7-6-8-14(15)20/h6-9,13H,5,10-12H2,1-4H3,(H,21,24)/t13-/m0/s1. The topological polar surface area (TPSA) is 69.7 Å². The summed E-state index contributed by atoms with van der Waals surface area (Å²) in [5.41, 5.74) is 0.417. The lowest BCUT2D eigenvalue weighted by Crippen LogP contribution is -2.48. The van der Waals surface area contributed by atoms with Crippen LogP contribution in [0.1, 0.15) is 34.1 Å². The van der Waals surface area contributed by atoms with Gasteiger partial charge in [-0.25, -0.2) is 0 Å². The van der Waals surface area contributed by atoms with E-state index in [1.54, 1.807) is 4.90 Å². The van der Waals surface area contributed by atoms with Gasteiger partial charge < -0.3 is 15.1 Å². The molecule has 1 aliphatic heterocycles. The SMILES string of the molecule is CCN(CC(=O)NC(C)(C)C)C(=O)[C@H]1CC(=O)N(c2ccccc2Br)C1. The summed E-state index contributed by atoms with van der Waals surface area (Å²) < 4.78 is 0.818. The van der Waals surface area contributed by atoms with Crippen LogP contribution in [0.5, 0.6) is 0 Å². The van der Waals surface area contributed by atoms with Gasteiger partial charge in [-0.15, -0.1) is 0 Å². The first-order valence-electron chi connectivity index (χ1n) is 8.77.